The molecule has 1 heterocycles. The molecule has 0 aliphatic rings. The van der Waals surface area contributed by atoms with E-state index in [4.69, 9.17) is 0 Å². The van der Waals surface area contributed by atoms with E-state index < -0.39 is 0 Å². The summed E-state index contributed by atoms with van der Waals surface area (Å²) >= 11 is 2.77. The van der Waals surface area contributed by atoms with Gasteiger partial charge in [0.05, 0.1) is 5.75 Å². The lowest BCUT2D eigenvalue weighted by Crippen LogP contribution is -2.13. The predicted octanol–water partition coefficient (Wildman–Crippen LogP) is 4.08. The van der Waals surface area contributed by atoms with Crippen LogP contribution >= 0.6 is 23.1 Å². The van der Waals surface area contributed by atoms with Gasteiger partial charge in [-0.25, -0.2) is 0 Å². The number of aromatic nitrogens is 2. The number of Topliss-reactive ketones (excluding diaryl/α,β-unsaturated/α-hetero) is 1. The van der Waals surface area contributed by atoms with Crippen LogP contribution in [0.3, 0.4) is 0 Å². The van der Waals surface area contributed by atoms with Gasteiger partial charge in [0.15, 0.2) is 5.78 Å². The Hall–Kier alpha value is -2.51. The fourth-order valence-electron chi connectivity index (χ4n) is 2.21. The second-order valence-electron chi connectivity index (χ2n) is 5.44. The van der Waals surface area contributed by atoms with Crippen LogP contribution in [0, 0.1) is 0 Å². The minimum atomic E-state index is -0.123. The number of anilines is 1. The highest BCUT2D eigenvalue weighted by Gasteiger charge is 2.11. The maximum Gasteiger partial charge on any atom is 0.236 e. The number of benzene rings is 2. The first kappa shape index (κ1) is 18.3. The number of nitrogens with one attached hydrogen (secondary N) is 1. The van der Waals surface area contributed by atoms with Crippen LogP contribution in [0.5, 0.6) is 0 Å². The van der Waals surface area contributed by atoms with Crippen LogP contribution in [-0.2, 0) is 11.2 Å². The second-order valence-corrected chi connectivity index (χ2v) is 7.55. The van der Waals surface area contributed by atoms with Gasteiger partial charge in [-0.1, -0.05) is 59.9 Å². The van der Waals surface area contributed by atoms with Crippen LogP contribution in [-0.4, -0.2) is 27.6 Å². The minimum absolute atomic E-state index is 0.0747. The summed E-state index contributed by atoms with van der Waals surface area (Å²) < 4.78 is 0. The molecule has 1 N–H and O–H groups in total. The average Bonchev–Trinajstić information content (AvgIpc) is 3.13. The molecule has 3 aromatic rings. The van der Waals surface area contributed by atoms with Crippen LogP contribution in [0.4, 0.5) is 5.13 Å². The number of nitrogens with zero attached hydrogens (tertiary/aromatic N) is 2. The standard InChI is InChI=1S/C19H17N3O2S2/c23-16(14-7-3-1-4-8-14)11-12-18-21-22-19(26-18)20-17(24)13-25-15-9-5-2-6-10-15/h1-10H,11-13H2,(H,20,22,24). The molecule has 1 amide bonds. The minimum Gasteiger partial charge on any atom is -0.300 e. The monoisotopic (exact) mass is 383 g/mol. The second kappa shape index (κ2) is 9.26. The molecular weight excluding hydrogens is 366 g/mol. The van der Waals surface area contributed by atoms with Gasteiger partial charge in [0.2, 0.25) is 11.0 Å². The lowest BCUT2D eigenvalue weighted by molar-refractivity contribution is -0.113. The van der Waals surface area contributed by atoms with Gasteiger partial charge >= 0.3 is 0 Å². The fourth-order valence-corrected chi connectivity index (χ4v) is 3.69. The number of aryl methyl sites for hydroxylation is 1. The summed E-state index contributed by atoms with van der Waals surface area (Å²) in [4.78, 5) is 25.1. The van der Waals surface area contributed by atoms with Crippen molar-refractivity contribution in [1.82, 2.24) is 10.2 Å². The van der Waals surface area contributed by atoms with Gasteiger partial charge in [0.25, 0.3) is 0 Å². The van der Waals surface area contributed by atoms with Crippen molar-refractivity contribution in [3.63, 3.8) is 0 Å². The molecule has 0 saturated heterocycles. The van der Waals surface area contributed by atoms with E-state index in [1.54, 1.807) is 12.1 Å². The van der Waals surface area contributed by atoms with Crippen LogP contribution < -0.4 is 5.32 Å². The first-order valence-corrected chi connectivity index (χ1v) is 9.89. The number of ketones is 1. The molecule has 26 heavy (non-hydrogen) atoms. The smallest absolute Gasteiger partial charge is 0.236 e. The van der Waals surface area contributed by atoms with E-state index in [0.717, 1.165) is 9.90 Å². The van der Waals surface area contributed by atoms with Gasteiger partial charge in [-0.2, -0.15) is 0 Å². The van der Waals surface area contributed by atoms with Crippen molar-refractivity contribution in [2.45, 2.75) is 17.7 Å². The summed E-state index contributed by atoms with van der Waals surface area (Å²) in [6.07, 6.45) is 0.885. The Kier molecular flexibility index (Phi) is 6.51. The molecule has 3 rings (SSSR count). The molecule has 0 bridgehead atoms. The maximum atomic E-state index is 12.1. The Morgan fingerprint density at radius 1 is 0.962 bits per heavy atom. The molecule has 0 atom stereocenters. The van der Waals surface area contributed by atoms with Crippen molar-refractivity contribution < 1.29 is 9.59 Å². The third-order valence-corrected chi connectivity index (χ3v) is 5.40. The van der Waals surface area contributed by atoms with E-state index in [1.165, 1.54) is 23.1 Å². The van der Waals surface area contributed by atoms with Gasteiger partial charge in [-0.05, 0) is 12.1 Å². The number of carbonyl (C=O) groups is 2. The summed E-state index contributed by atoms with van der Waals surface area (Å²) in [6.45, 7) is 0. The highest BCUT2D eigenvalue weighted by molar-refractivity contribution is 8.00. The van der Waals surface area contributed by atoms with E-state index in [0.29, 0.717) is 29.3 Å². The zero-order chi connectivity index (χ0) is 18.2. The quantitative estimate of drug-likeness (QED) is 0.469. The SMILES string of the molecule is O=C(CSc1ccccc1)Nc1nnc(CCC(=O)c2ccccc2)s1. The van der Waals surface area contributed by atoms with E-state index in [9.17, 15) is 9.59 Å². The van der Waals surface area contributed by atoms with Crippen LogP contribution in [0.1, 0.15) is 21.8 Å². The molecular formula is C19H17N3O2S2. The summed E-state index contributed by atoms with van der Waals surface area (Å²) in [5, 5.41) is 12.0. The number of hydrogen-bond acceptors (Lipinski definition) is 6. The first-order chi connectivity index (χ1) is 12.7. The lowest BCUT2D eigenvalue weighted by Gasteiger charge is -2.01. The predicted molar refractivity (Wildman–Crippen MR) is 105 cm³/mol. The largest absolute Gasteiger partial charge is 0.300 e. The van der Waals surface area contributed by atoms with Crippen molar-refractivity contribution in [1.29, 1.82) is 0 Å². The molecule has 1 aromatic heterocycles. The molecule has 2 aromatic carbocycles. The normalized spacial score (nSPS) is 10.5. The molecule has 0 aliphatic heterocycles. The van der Waals surface area contributed by atoms with Gasteiger partial charge in [0, 0.05) is 23.3 Å². The van der Waals surface area contributed by atoms with Crippen LogP contribution in [0.15, 0.2) is 65.6 Å². The summed E-state index contributed by atoms with van der Waals surface area (Å²) in [6, 6.07) is 18.9. The van der Waals surface area contributed by atoms with Crippen molar-refractivity contribution in [2.75, 3.05) is 11.1 Å². The highest BCUT2D eigenvalue weighted by Crippen LogP contribution is 2.20. The lowest BCUT2D eigenvalue weighted by atomic mass is 10.1. The zero-order valence-electron chi connectivity index (χ0n) is 13.9. The number of hydrogen-bond donors (Lipinski definition) is 1. The summed E-state index contributed by atoms with van der Waals surface area (Å²) in [5.41, 5.74) is 0.698. The number of carbonyl (C=O) groups excluding carboxylic acids is 2. The first-order valence-electron chi connectivity index (χ1n) is 8.09. The fraction of sp³-hybridized carbons (Fsp3) is 0.158. The highest BCUT2D eigenvalue weighted by atomic mass is 32.2. The topological polar surface area (TPSA) is 72.0 Å². The molecule has 132 valence electrons. The van der Waals surface area contributed by atoms with E-state index in [1.807, 2.05) is 48.5 Å². The van der Waals surface area contributed by atoms with Crippen molar-refractivity contribution in [3.8, 4) is 0 Å². The van der Waals surface area contributed by atoms with Crippen LogP contribution in [0.25, 0.3) is 0 Å². The van der Waals surface area contributed by atoms with Gasteiger partial charge in [-0.15, -0.1) is 22.0 Å². The molecule has 5 nitrogen and oxygen atoms in total. The third kappa shape index (κ3) is 5.50. The molecule has 0 unspecified atom stereocenters. The van der Waals surface area contributed by atoms with Crippen LogP contribution in [0.2, 0.25) is 0 Å². The Bertz CT molecular complexity index is 867. The Balaban J connectivity index is 1.45. The van der Waals surface area contributed by atoms with Crippen molar-refractivity contribution in [3.05, 3.63) is 71.2 Å². The molecule has 7 heteroatoms. The number of rotatable bonds is 8. The van der Waals surface area contributed by atoms with Gasteiger partial charge in [-0.3, -0.25) is 14.9 Å². The molecule has 0 saturated carbocycles. The van der Waals surface area contributed by atoms with Crippen molar-refractivity contribution in [2.24, 2.45) is 0 Å². The molecule has 0 aliphatic carbocycles. The number of thioether (sulfide) groups is 1. The van der Waals surface area contributed by atoms with E-state index >= 15 is 0 Å². The average molecular weight is 383 g/mol. The van der Waals surface area contributed by atoms with E-state index in [2.05, 4.69) is 15.5 Å². The van der Waals surface area contributed by atoms with Gasteiger partial charge < -0.3 is 0 Å². The molecule has 0 fully saturated rings. The van der Waals surface area contributed by atoms with E-state index in [-0.39, 0.29) is 11.7 Å². The maximum absolute atomic E-state index is 12.1. The third-order valence-electron chi connectivity index (χ3n) is 3.49. The van der Waals surface area contributed by atoms with Crippen molar-refractivity contribution >= 4 is 39.9 Å². The Morgan fingerprint density at radius 3 is 2.38 bits per heavy atom. The molecule has 0 radical (unpaired) electrons. The Labute approximate surface area is 159 Å². The Morgan fingerprint density at radius 2 is 1.65 bits per heavy atom. The summed E-state index contributed by atoms with van der Waals surface area (Å²) in [5.74, 6) is 0.262. The number of amides is 1. The zero-order valence-corrected chi connectivity index (χ0v) is 15.6. The van der Waals surface area contributed by atoms with Gasteiger partial charge in [0.1, 0.15) is 5.01 Å². The molecule has 0 spiro atoms. The summed E-state index contributed by atoms with van der Waals surface area (Å²) in [7, 11) is 0.